The minimum absolute atomic E-state index is 0.138. The van der Waals surface area contributed by atoms with E-state index in [0.717, 1.165) is 37.4 Å². The Morgan fingerprint density at radius 3 is 1.44 bits per heavy atom. The molecule has 0 heterocycles. The smallest absolute Gasteiger partial charge is 0.220 e. The second-order valence-electron chi connectivity index (χ2n) is 6.64. The van der Waals surface area contributed by atoms with Gasteiger partial charge in [0.25, 0.3) is 0 Å². The van der Waals surface area contributed by atoms with Crippen molar-refractivity contribution in [2.45, 2.75) is 90.9 Å². The molecule has 0 spiro atoms. The van der Waals surface area contributed by atoms with Crippen LogP contribution in [0.15, 0.2) is 0 Å². The molecular weight excluding hydrogens is 332 g/mol. The third-order valence-electron chi connectivity index (χ3n) is 4.15. The first-order valence-corrected chi connectivity index (χ1v) is 11.5. The molecule has 148 valence electrons. The Hall–Kier alpha value is -0.710. The van der Waals surface area contributed by atoms with Crippen LogP contribution in [0, 0.1) is 0 Å². The maximum atomic E-state index is 11.7. The molecule has 0 saturated heterocycles. The molecule has 0 saturated carbocycles. The number of amides is 2. The van der Waals surface area contributed by atoms with Crippen molar-refractivity contribution in [1.29, 1.82) is 0 Å². The number of carbonyl (C=O) groups excluding carboxylic acids is 2. The monoisotopic (exact) mass is 372 g/mol. The molecule has 25 heavy (non-hydrogen) atoms. The fraction of sp³-hybridized carbons (Fsp3) is 0.900. The van der Waals surface area contributed by atoms with Gasteiger partial charge < -0.3 is 10.6 Å². The summed E-state index contributed by atoms with van der Waals surface area (Å²) in [6, 6.07) is 0. The first-order valence-electron chi connectivity index (χ1n) is 10.3. The number of carbonyl (C=O) groups is 2. The highest BCUT2D eigenvalue weighted by molar-refractivity contribution is 7.99. The lowest BCUT2D eigenvalue weighted by molar-refractivity contribution is -0.121. The first kappa shape index (κ1) is 24.3. The van der Waals surface area contributed by atoms with E-state index in [1.165, 1.54) is 51.4 Å². The summed E-state index contributed by atoms with van der Waals surface area (Å²) in [4.78, 5) is 23.3. The zero-order chi connectivity index (χ0) is 18.6. The van der Waals surface area contributed by atoms with Crippen molar-refractivity contribution in [3.8, 4) is 0 Å². The predicted octanol–water partition coefficient (Wildman–Crippen LogP) is 4.67. The van der Waals surface area contributed by atoms with Crippen molar-refractivity contribution in [2.75, 3.05) is 24.6 Å². The molecule has 0 aromatic heterocycles. The van der Waals surface area contributed by atoms with Crippen molar-refractivity contribution >= 4 is 23.6 Å². The predicted molar refractivity (Wildman–Crippen MR) is 110 cm³/mol. The summed E-state index contributed by atoms with van der Waals surface area (Å²) in [5.41, 5.74) is 0. The molecule has 0 aliphatic rings. The molecule has 0 unspecified atom stereocenters. The van der Waals surface area contributed by atoms with Gasteiger partial charge >= 0.3 is 0 Å². The Labute approximate surface area is 159 Å². The summed E-state index contributed by atoms with van der Waals surface area (Å²) in [5.74, 6) is 1.87. The van der Waals surface area contributed by atoms with Crippen LogP contribution in [0.4, 0.5) is 0 Å². The van der Waals surface area contributed by atoms with Crippen LogP contribution in [-0.4, -0.2) is 36.4 Å². The fourth-order valence-electron chi connectivity index (χ4n) is 2.52. The molecule has 0 bridgehead atoms. The molecule has 0 aromatic rings. The molecule has 0 atom stereocenters. The van der Waals surface area contributed by atoms with Crippen LogP contribution in [0.1, 0.15) is 90.9 Å². The standard InChI is InChI=1S/C20H40N2O2S/c1-3-5-7-9-11-15-21-19(23)13-17-25-18-14-20(24)22-16-12-10-8-6-4-2/h3-18H2,1-2H3,(H,21,23)(H,22,24). The number of hydrogen-bond acceptors (Lipinski definition) is 3. The molecule has 0 aromatic carbocycles. The fourth-order valence-corrected chi connectivity index (χ4v) is 3.38. The maximum Gasteiger partial charge on any atom is 0.220 e. The number of rotatable bonds is 18. The normalized spacial score (nSPS) is 10.6. The van der Waals surface area contributed by atoms with Crippen LogP contribution in [0.3, 0.4) is 0 Å². The van der Waals surface area contributed by atoms with Gasteiger partial charge in [0.1, 0.15) is 0 Å². The molecule has 2 amide bonds. The van der Waals surface area contributed by atoms with E-state index >= 15 is 0 Å². The van der Waals surface area contributed by atoms with Crippen LogP contribution in [0.5, 0.6) is 0 Å². The third kappa shape index (κ3) is 19.5. The van der Waals surface area contributed by atoms with Gasteiger partial charge in [-0.1, -0.05) is 65.2 Å². The Balaban J connectivity index is 3.30. The summed E-state index contributed by atoms with van der Waals surface area (Å²) in [5, 5.41) is 5.95. The minimum Gasteiger partial charge on any atom is -0.356 e. The molecular formula is C20H40N2O2S. The highest BCUT2D eigenvalue weighted by atomic mass is 32.2. The summed E-state index contributed by atoms with van der Waals surface area (Å²) in [6.07, 6.45) is 13.3. The molecule has 0 aliphatic carbocycles. The second kappa shape index (κ2) is 19.6. The second-order valence-corrected chi connectivity index (χ2v) is 7.87. The van der Waals surface area contributed by atoms with Gasteiger partial charge in [-0.25, -0.2) is 0 Å². The molecule has 0 aliphatic heterocycles. The zero-order valence-electron chi connectivity index (χ0n) is 16.5. The van der Waals surface area contributed by atoms with Crippen LogP contribution in [0.2, 0.25) is 0 Å². The van der Waals surface area contributed by atoms with E-state index in [1.54, 1.807) is 11.8 Å². The van der Waals surface area contributed by atoms with E-state index < -0.39 is 0 Å². The van der Waals surface area contributed by atoms with Gasteiger partial charge in [0, 0.05) is 37.4 Å². The van der Waals surface area contributed by atoms with Crippen LogP contribution < -0.4 is 10.6 Å². The molecule has 0 radical (unpaired) electrons. The van der Waals surface area contributed by atoms with Gasteiger partial charge in [0.2, 0.25) is 11.8 Å². The Morgan fingerprint density at radius 2 is 1.04 bits per heavy atom. The van der Waals surface area contributed by atoms with E-state index in [-0.39, 0.29) is 11.8 Å². The Kier molecular flexibility index (Phi) is 19.1. The van der Waals surface area contributed by atoms with Crippen LogP contribution in [-0.2, 0) is 9.59 Å². The summed E-state index contributed by atoms with van der Waals surface area (Å²) < 4.78 is 0. The SMILES string of the molecule is CCCCCCCNC(=O)CCSCCC(=O)NCCCCCCC. The van der Waals surface area contributed by atoms with Crippen LogP contribution in [0.25, 0.3) is 0 Å². The molecule has 0 fully saturated rings. The number of nitrogens with one attached hydrogen (secondary N) is 2. The molecule has 2 N–H and O–H groups in total. The van der Waals surface area contributed by atoms with E-state index in [2.05, 4.69) is 24.5 Å². The van der Waals surface area contributed by atoms with E-state index in [4.69, 9.17) is 0 Å². The average Bonchev–Trinajstić information content (AvgIpc) is 2.60. The van der Waals surface area contributed by atoms with E-state index in [1.807, 2.05) is 0 Å². The van der Waals surface area contributed by atoms with Gasteiger partial charge in [0.05, 0.1) is 0 Å². The maximum absolute atomic E-state index is 11.7. The highest BCUT2D eigenvalue weighted by Gasteiger charge is 2.03. The Morgan fingerprint density at radius 1 is 0.640 bits per heavy atom. The first-order chi connectivity index (χ1) is 12.2. The van der Waals surface area contributed by atoms with Gasteiger partial charge in [0.15, 0.2) is 0 Å². The van der Waals surface area contributed by atoms with Crippen molar-refractivity contribution in [2.24, 2.45) is 0 Å². The number of thioether (sulfide) groups is 1. The van der Waals surface area contributed by atoms with E-state index in [9.17, 15) is 9.59 Å². The topological polar surface area (TPSA) is 58.2 Å². The Bertz CT molecular complexity index is 295. The number of unbranched alkanes of at least 4 members (excludes halogenated alkanes) is 8. The van der Waals surface area contributed by atoms with Crippen molar-refractivity contribution in [1.82, 2.24) is 10.6 Å². The van der Waals surface area contributed by atoms with E-state index in [0.29, 0.717) is 12.8 Å². The van der Waals surface area contributed by atoms with Crippen molar-refractivity contribution in [3.05, 3.63) is 0 Å². The molecule has 4 nitrogen and oxygen atoms in total. The summed E-state index contributed by atoms with van der Waals surface area (Å²) >= 11 is 1.69. The van der Waals surface area contributed by atoms with Crippen molar-refractivity contribution < 1.29 is 9.59 Å². The lowest BCUT2D eigenvalue weighted by atomic mass is 10.1. The largest absolute Gasteiger partial charge is 0.356 e. The van der Waals surface area contributed by atoms with Gasteiger partial charge in [-0.05, 0) is 12.8 Å². The lowest BCUT2D eigenvalue weighted by Gasteiger charge is -2.06. The quantitative estimate of drug-likeness (QED) is 0.344. The van der Waals surface area contributed by atoms with Gasteiger partial charge in [-0.2, -0.15) is 11.8 Å². The third-order valence-corrected chi connectivity index (χ3v) is 5.14. The minimum atomic E-state index is 0.138. The summed E-state index contributed by atoms with van der Waals surface area (Å²) in [6.45, 7) is 6.01. The average molecular weight is 373 g/mol. The number of hydrogen-bond donors (Lipinski definition) is 2. The highest BCUT2D eigenvalue weighted by Crippen LogP contribution is 2.05. The summed E-state index contributed by atoms with van der Waals surface area (Å²) in [7, 11) is 0. The van der Waals surface area contributed by atoms with Gasteiger partial charge in [-0.3, -0.25) is 9.59 Å². The lowest BCUT2D eigenvalue weighted by Crippen LogP contribution is -2.25. The van der Waals surface area contributed by atoms with Crippen LogP contribution >= 0.6 is 11.8 Å². The van der Waals surface area contributed by atoms with Crippen molar-refractivity contribution in [3.63, 3.8) is 0 Å². The zero-order valence-corrected chi connectivity index (χ0v) is 17.4. The molecule has 5 heteroatoms. The molecule has 0 rings (SSSR count). The van der Waals surface area contributed by atoms with Gasteiger partial charge in [-0.15, -0.1) is 0 Å².